The van der Waals surface area contributed by atoms with Gasteiger partial charge in [0.05, 0.1) is 19.8 Å². The minimum atomic E-state index is -0.345. The Kier molecular flexibility index (Phi) is 3.99. The van der Waals surface area contributed by atoms with E-state index < -0.39 is 0 Å². The first-order valence-electron chi connectivity index (χ1n) is 7.72. The molecule has 3 nitrogen and oxygen atoms in total. The topological polar surface area (TPSA) is 49.7 Å². The van der Waals surface area contributed by atoms with Gasteiger partial charge in [-0.2, -0.15) is 0 Å². The van der Waals surface area contributed by atoms with Crippen molar-refractivity contribution < 1.29 is 14.9 Å². The van der Waals surface area contributed by atoms with E-state index in [9.17, 15) is 10.2 Å². The van der Waals surface area contributed by atoms with Gasteiger partial charge in [0.2, 0.25) is 0 Å². The van der Waals surface area contributed by atoms with Crippen LogP contribution in [0.5, 0.6) is 5.75 Å². The Hall–Kier alpha value is -1.06. The highest BCUT2D eigenvalue weighted by Gasteiger charge is 2.42. The van der Waals surface area contributed by atoms with Crippen molar-refractivity contribution in [2.45, 2.75) is 38.0 Å². The Morgan fingerprint density at radius 2 is 1.80 bits per heavy atom. The van der Waals surface area contributed by atoms with Crippen LogP contribution in [0.25, 0.3) is 0 Å². The van der Waals surface area contributed by atoms with Crippen LogP contribution < -0.4 is 4.74 Å². The van der Waals surface area contributed by atoms with Crippen molar-refractivity contribution in [2.75, 3.05) is 19.8 Å². The van der Waals surface area contributed by atoms with Gasteiger partial charge in [0.25, 0.3) is 0 Å². The summed E-state index contributed by atoms with van der Waals surface area (Å²) in [5.41, 5.74) is 0.888. The summed E-state index contributed by atoms with van der Waals surface area (Å²) in [4.78, 5) is 0. The van der Waals surface area contributed by atoms with Crippen LogP contribution in [0.15, 0.2) is 24.3 Å². The van der Waals surface area contributed by atoms with Crippen LogP contribution in [0.3, 0.4) is 0 Å². The Morgan fingerprint density at radius 3 is 2.50 bits per heavy atom. The minimum absolute atomic E-state index is 0.0762. The van der Waals surface area contributed by atoms with Gasteiger partial charge in [-0.15, -0.1) is 0 Å². The molecule has 0 bridgehead atoms. The predicted octanol–water partition coefficient (Wildman–Crippen LogP) is 2.71. The molecule has 3 heteroatoms. The highest BCUT2D eigenvalue weighted by Crippen LogP contribution is 2.48. The first-order valence-corrected chi connectivity index (χ1v) is 7.72. The third-order valence-electron chi connectivity index (χ3n) is 5.30. The highest BCUT2D eigenvalue weighted by atomic mass is 16.5. The molecule has 1 unspecified atom stereocenters. The molecule has 1 heterocycles. The number of benzene rings is 1. The maximum Gasteiger partial charge on any atom is 0.122 e. The minimum Gasteiger partial charge on any atom is -0.493 e. The quantitative estimate of drug-likeness (QED) is 0.869. The second-order valence-corrected chi connectivity index (χ2v) is 6.41. The number of ether oxygens (including phenoxy) is 1. The van der Waals surface area contributed by atoms with Crippen LogP contribution in [-0.2, 0) is 0 Å². The molecular weight excluding hydrogens is 252 g/mol. The molecule has 1 aromatic carbocycles. The third-order valence-corrected chi connectivity index (χ3v) is 5.30. The van der Waals surface area contributed by atoms with Crippen molar-refractivity contribution in [2.24, 2.45) is 11.3 Å². The van der Waals surface area contributed by atoms with E-state index >= 15 is 0 Å². The van der Waals surface area contributed by atoms with E-state index in [-0.39, 0.29) is 18.6 Å². The smallest absolute Gasteiger partial charge is 0.122 e. The van der Waals surface area contributed by atoms with E-state index in [1.165, 1.54) is 18.4 Å². The SMILES string of the molecule is OCC(CO)(CC1COc2ccccc21)C1CCCC1. The van der Waals surface area contributed by atoms with Crippen LogP contribution in [0.2, 0.25) is 0 Å². The van der Waals surface area contributed by atoms with Crippen LogP contribution in [0, 0.1) is 11.3 Å². The molecule has 0 radical (unpaired) electrons. The van der Waals surface area contributed by atoms with Crippen LogP contribution in [-0.4, -0.2) is 30.0 Å². The number of para-hydroxylation sites is 1. The van der Waals surface area contributed by atoms with Gasteiger partial charge in [0.1, 0.15) is 5.75 Å². The van der Waals surface area contributed by atoms with Gasteiger partial charge in [0.15, 0.2) is 0 Å². The number of aliphatic hydroxyl groups is 2. The van der Waals surface area contributed by atoms with Crippen molar-refractivity contribution >= 4 is 0 Å². The van der Waals surface area contributed by atoms with E-state index in [1.54, 1.807) is 0 Å². The fourth-order valence-electron chi connectivity index (χ4n) is 4.03. The van der Waals surface area contributed by atoms with Gasteiger partial charge < -0.3 is 14.9 Å². The zero-order chi connectivity index (χ0) is 14.0. The Bertz CT molecular complexity index is 447. The molecule has 1 fully saturated rings. The fourth-order valence-corrected chi connectivity index (χ4v) is 4.03. The van der Waals surface area contributed by atoms with Gasteiger partial charge in [-0.25, -0.2) is 0 Å². The van der Waals surface area contributed by atoms with Crippen molar-refractivity contribution in [1.29, 1.82) is 0 Å². The van der Waals surface area contributed by atoms with Crippen LogP contribution in [0.1, 0.15) is 43.6 Å². The summed E-state index contributed by atoms with van der Waals surface area (Å²) in [6.45, 7) is 0.827. The number of rotatable bonds is 5. The van der Waals surface area contributed by atoms with Crippen molar-refractivity contribution in [3.63, 3.8) is 0 Å². The predicted molar refractivity (Wildman–Crippen MR) is 77.9 cm³/mol. The molecule has 0 amide bonds. The number of fused-ring (bicyclic) bond motifs is 1. The van der Waals surface area contributed by atoms with Crippen molar-refractivity contribution in [3.05, 3.63) is 29.8 Å². The third kappa shape index (κ3) is 2.33. The van der Waals surface area contributed by atoms with E-state index in [1.807, 2.05) is 18.2 Å². The summed E-state index contributed by atoms with van der Waals surface area (Å²) in [7, 11) is 0. The normalized spacial score (nSPS) is 22.8. The Labute approximate surface area is 120 Å². The average Bonchev–Trinajstić information content (AvgIpc) is 3.15. The van der Waals surface area contributed by atoms with E-state index in [4.69, 9.17) is 4.74 Å². The molecule has 1 atom stereocenters. The zero-order valence-electron chi connectivity index (χ0n) is 11.9. The van der Waals surface area contributed by atoms with Crippen molar-refractivity contribution in [1.82, 2.24) is 0 Å². The molecule has 0 spiro atoms. The first-order chi connectivity index (χ1) is 9.79. The van der Waals surface area contributed by atoms with Gasteiger partial charge in [-0.05, 0) is 31.2 Å². The monoisotopic (exact) mass is 276 g/mol. The van der Waals surface area contributed by atoms with Gasteiger partial charge >= 0.3 is 0 Å². The Balaban J connectivity index is 1.81. The maximum atomic E-state index is 9.94. The number of hydrogen-bond donors (Lipinski definition) is 2. The highest BCUT2D eigenvalue weighted by molar-refractivity contribution is 5.39. The lowest BCUT2D eigenvalue weighted by Crippen LogP contribution is -2.38. The Morgan fingerprint density at radius 1 is 1.10 bits per heavy atom. The van der Waals surface area contributed by atoms with Gasteiger partial charge in [-0.3, -0.25) is 0 Å². The second kappa shape index (κ2) is 5.74. The molecule has 110 valence electrons. The zero-order valence-corrected chi connectivity index (χ0v) is 11.9. The van der Waals surface area contributed by atoms with Crippen molar-refractivity contribution in [3.8, 4) is 5.75 Å². The molecule has 1 saturated carbocycles. The summed E-state index contributed by atoms with van der Waals surface area (Å²) in [5.74, 6) is 1.71. The summed E-state index contributed by atoms with van der Waals surface area (Å²) >= 11 is 0. The van der Waals surface area contributed by atoms with E-state index in [0.29, 0.717) is 18.4 Å². The standard InChI is InChI=1S/C17H24O3/c18-11-17(12-19,14-5-1-2-6-14)9-13-10-20-16-8-4-3-7-15(13)16/h3-4,7-8,13-14,18-19H,1-2,5-6,9-12H2. The average molecular weight is 276 g/mol. The first kappa shape index (κ1) is 13.9. The molecule has 3 rings (SSSR count). The van der Waals surface area contributed by atoms with Crippen LogP contribution >= 0.6 is 0 Å². The summed E-state index contributed by atoms with van der Waals surface area (Å²) in [6, 6.07) is 8.14. The van der Waals surface area contributed by atoms with Gasteiger partial charge in [0, 0.05) is 16.9 Å². The summed E-state index contributed by atoms with van der Waals surface area (Å²) < 4.78 is 5.75. The largest absolute Gasteiger partial charge is 0.493 e. The lowest BCUT2D eigenvalue weighted by molar-refractivity contribution is -0.00828. The number of hydrogen-bond acceptors (Lipinski definition) is 3. The summed E-state index contributed by atoms with van der Waals surface area (Å²) in [5, 5.41) is 19.9. The molecule has 1 aliphatic heterocycles. The molecule has 1 aliphatic carbocycles. The molecule has 2 aliphatic rings. The maximum absolute atomic E-state index is 9.94. The van der Waals surface area contributed by atoms with E-state index in [2.05, 4.69) is 6.07 Å². The van der Waals surface area contributed by atoms with Gasteiger partial charge in [-0.1, -0.05) is 31.0 Å². The molecule has 0 saturated heterocycles. The van der Waals surface area contributed by atoms with E-state index in [0.717, 1.165) is 25.0 Å². The molecule has 1 aromatic rings. The summed E-state index contributed by atoms with van der Waals surface area (Å²) in [6.07, 6.45) is 5.54. The number of aliphatic hydroxyl groups excluding tert-OH is 2. The lowest BCUT2D eigenvalue weighted by atomic mass is 9.69. The molecular formula is C17H24O3. The fraction of sp³-hybridized carbons (Fsp3) is 0.647. The molecule has 20 heavy (non-hydrogen) atoms. The lowest BCUT2D eigenvalue weighted by Gasteiger charge is -2.37. The molecule has 2 N–H and O–H groups in total. The molecule has 0 aromatic heterocycles. The second-order valence-electron chi connectivity index (χ2n) is 6.41. The van der Waals surface area contributed by atoms with Crippen LogP contribution in [0.4, 0.5) is 0 Å².